The molecule has 0 aliphatic carbocycles. The number of rotatable bonds is 4. The van der Waals surface area contributed by atoms with Crippen LogP contribution in [0.4, 0.5) is 10.7 Å². The number of nitro benzene ring substituents is 1. The van der Waals surface area contributed by atoms with Gasteiger partial charge in [-0.1, -0.05) is 12.1 Å². The van der Waals surface area contributed by atoms with Gasteiger partial charge in [-0.25, -0.2) is 4.79 Å². The van der Waals surface area contributed by atoms with Gasteiger partial charge < -0.3 is 10.5 Å². The third kappa shape index (κ3) is 3.19. The van der Waals surface area contributed by atoms with Crippen molar-refractivity contribution in [2.75, 3.05) is 5.73 Å². The van der Waals surface area contributed by atoms with E-state index in [1.807, 2.05) is 0 Å². The van der Waals surface area contributed by atoms with Gasteiger partial charge >= 0.3 is 5.97 Å². The Morgan fingerprint density at radius 2 is 2.14 bits per heavy atom. The molecule has 1 heterocycles. The van der Waals surface area contributed by atoms with Crippen LogP contribution in [0.25, 0.3) is 11.1 Å². The van der Waals surface area contributed by atoms with Crippen molar-refractivity contribution in [3.05, 3.63) is 45.3 Å². The topological polar surface area (TPSA) is 95.5 Å². The Bertz CT molecular complexity index is 694. The van der Waals surface area contributed by atoms with E-state index in [4.69, 9.17) is 10.5 Å². The predicted octanol–water partition coefficient (Wildman–Crippen LogP) is 3.47. The number of nitro groups is 1. The standard InChI is InChI=1S/C14H14N2O4S/c1-8(2)20-14(17)12-11(7-21-13(12)15)9-4-3-5-10(6-9)16(18)19/h3-8H,15H2,1-2H3. The van der Waals surface area contributed by atoms with E-state index in [-0.39, 0.29) is 17.4 Å². The van der Waals surface area contributed by atoms with Crippen LogP contribution >= 0.6 is 11.3 Å². The van der Waals surface area contributed by atoms with Gasteiger partial charge in [0.2, 0.25) is 0 Å². The molecule has 2 N–H and O–H groups in total. The molecular weight excluding hydrogens is 292 g/mol. The van der Waals surface area contributed by atoms with Crippen LogP contribution in [0, 0.1) is 10.1 Å². The zero-order valence-corrected chi connectivity index (χ0v) is 12.3. The molecule has 1 aromatic carbocycles. The summed E-state index contributed by atoms with van der Waals surface area (Å²) in [4.78, 5) is 22.5. The van der Waals surface area contributed by atoms with Gasteiger partial charge in [-0.3, -0.25) is 10.1 Å². The van der Waals surface area contributed by atoms with Crippen molar-refractivity contribution >= 4 is 28.0 Å². The molecule has 0 amide bonds. The summed E-state index contributed by atoms with van der Waals surface area (Å²) in [6.07, 6.45) is -0.269. The summed E-state index contributed by atoms with van der Waals surface area (Å²) in [5.41, 5.74) is 7.17. The molecule has 6 nitrogen and oxygen atoms in total. The van der Waals surface area contributed by atoms with Gasteiger partial charge in [0.1, 0.15) is 10.6 Å². The highest BCUT2D eigenvalue weighted by Crippen LogP contribution is 2.35. The molecule has 0 radical (unpaired) electrons. The lowest BCUT2D eigenvalue weighted by atomic mass is 10.0. The average molecular weight is 306 g/mol. The van der Waals surface area contributed by atoms with Crippen LogP contribution in [-0.4, -0.2) is 17.0 Å². The van der Waals surface area contributed by atoms with Crippen molar-refractivity contribution in [1.29, 1.82) is 0 Å². The van der Waals surface area contributed by atoms with Gasteiger partial charge in [-0.05, 0) is 19.4 Å². The number of carbonyl (C=O) groups excluding carboxylic acids is 1. The smallest absolute Gasteiger partial charge is 0.342 e. The van der Waals surface area contributed by atoms with Gasteiger partial charge in [0, 0.05) is 23.1 Å². The van der Waals surface area contributed by atoms with E-state index in [0.29, 0.717) is 16.1 Å². The Hall–Kier alpha value is -2.41. The van der Waals surface area contributed by atoms with Crippen molar-refractivity contribution in [2.45, 2.75) is 20.0 Å². The maximum Gasteiger partial charge on any atom is 0.342 e. The number of benzene rings is 1. The molecule has 7 heteroatoms. The van der Waals surface area contributed by atoms with Crippen LogP contribution in [0.5, 0.6) is 0 Å². The fraction of sp³-hybridized carbons (Fsp3) is 0.214. The van der Waals surface area contributed by atoms with Crippen molar-refractivity contribution < 1.29 is 14.5 Å². The molecule has 2 rings (SSSR count). The van der Waals surface area contributed by atoms with E-state index in [1.54, 1.807) is 31.4 Å². The van der Waals surface area contributed by atoms with E-state index in [9.17, 15) is 14.9 Å². The lowest BCUT2D eigenvalue weighted by Gasteiger charge is -2.09. The van der Waals surface area contributed by atoms with Gasteiger partial charge in [0.05, 0.1) is 11.0 Å². The number of non-ortho nitro benzene ring substituents is 1. The summed E-state index contributed by atoms with van der Waals surface area (Å²) in [5, 5.41) is 12.9. The third-order valence-electron chi connectivity index (χ3n) is 2.73. The van der Waals surface area contributed by atoms with Gasteiger partial charge in [0.25, 0.3) is 5.69 Å². The number of nitrogens with two attached hydrogens (primary N) is 1. The van der Waals surface area contributed by atoms with E-state index in [1.165, 1.54) is 23.5 Å². The van der Waals surface area contributed by atoms with Gasteiger partial charge in [0.15, 0.2) is 0 Å². The number of carbonyl (C=O) groups is 1. The Morgan fingerprint density at radius 1 is 1.43 bits per heavy atom. The van der Waals surface area contributed by atoms with Gasteiger partial charge in [-0.15, -0.1) is 11.3 Å². The number of thiophene rings is 1. The number of hydrogen-bond donors (Lipinski definition) is 1. The minimum Gasteiger partial charge on any atom is -0.459 e. The van der Waals surface area contributed by atoms with E-state index < -0.39 is 10.9 Å². The predicted molar refractivity (Wildman–Crippen MR) is 81.4 cm³/mol. The number of anilines is 1. The normalized spacial score (nSPS) is 10.6. The number of nitrogens with zero attached hydrogens (tertiary/aromatic N) is 1. The number of ether oxygens (including phenoxy) is 1. The third-order valence-corrected chi connectivity index (χ3v) is 3.55. The summed E-state index contributed by atoms with van der Waals surface area (Å²) in [5.74, 6) is -0.523. The molecule has 0 bridgehead atoms. The summed E-state index contributed by atoms with van der Waals surface area (Å²) in [6, 6.07) is 6.07. The molecule has 0 fully saturated rings. The second kappa shape index (κ2) is 5.92. The van der Waals surface area contributed by atoms with Crippen LogP contribution in [0.2, 0.25) is 0 Å². The highest BCUT2D eigenvalue weighted by Gasteiger charge is 2.21. The SMILES string of the molecule is CC(C)OC(=O)c1c(-c2cccc([N+](=O)[O-])c2)csc1N. The zero-order chi connectivity index (χ0) is 15.6. The zero-order valence-electron chi connectivity index (χ0n) is 11.5. The fourth-order valence-corrected chi connectivity index (χ4v) is 2.67. The Labute approximate surface area is 125 Å². The highest BCUT2D eigenvalue weighted by atomic mass is 32.1. The average Bonchev–Trinajstić information content (AvgIpc) is 2.80. The molecule has 0 atom stereocenters. The molecule has 0 unspecified atom stereocenters. The van der Waals surface area contributed by atoms with E-state index in [2.05, 4.69) is 0 Å². The number of nitrogen functional groups attached to an aromatic ring is 1. The Balaban J connectivity index is 2.48. The summed E-state index contributed by atoms with van der Waals surface area (Å²) >= 11 is 1.20. The van der Waals surface area contributed by atoms with Crippen LogP contribution in [0.1, 0.15) is 24.2 Å². The first-order valence-electron chi connectivity index (χ1n) is 6.23. The van der Waals surface area contributed by atoms with E-state index >= 15 is 0 Å². The molecule has 0 saturated heterocycles. The molecule has 0 saturated carbocycles. The first-order chi connectivity index (χ1) is 9.90. The lowest BCUT2D eigenvalue weighted by Crippen LogP contribution is -2.13. The number of esters is 1. The Kier molecular flexibility index (Phi) is 4.23. The van der Waals surface area contributed by atoms with E-state index in [0.717, 1.165) is 0 Å². The molecule has 2 aromatic rings. The summed E-state index contributed by atoms with van der Waals surface area (Å²) in [6.45, 7) is 3.49. The first kappa shape index (κ1) is 15.0. The summed E-state index contributed by atoms with van der Waals surface area (Å²) < 4.78 is 5.17. The second-order valence-electron chi connectivity index (χ2n) is 4.65. The van der Waals surface area contributed by atoms with Gasteiger partial charge in [-0.2, -0.15) is 0 Å². The largest absolute Gasteiger partial charge is 0.459 e. The summed E-state index contributed by atoms with van der Waals surface area (Å²) in [7, 11) is 0. The van der Waals surface area contributed by atoms with Crippen molar-refractivity contribution in [3.63, 3.8) is 0 Å². The van der Waals surface area contributed by atoms with Crippen LogP contribution in [0.3, 0.4) is 0 Å². The Morgan fingerprint density at radius 3 is 2.76 bits per heavy atom. The molecule has 21 heavy (non-hydrogen) atoms. The monoisotopic (exact) mass is 306 g/mol. The molecule has 110 valence electrons. The lowest BCUT2D eigenvalue weighted by molar-refractivity contribution is -0.384. The highest BCUT2D eigenvalue weighted by molar-refractivity contribution is 7.14. The second-order valence-corrected chi connectivity index (χ2v) is 5.56. The van der Waals surface area contributed by atoms with Crippen LogP contribution < -0.4 is 5.73 Å². The van der Waals surface area contributed by atoms with Crippen molar-refractivity contribution in [1.82, 2.24) is 0 Å². The molecular formula is C14H14N2O4S. The number of hydrogen-bond acceptors (Lipinski definition) is 6. The van der Waals surface area contributed by atoms with Crippen LogP contribution in [0.15, 0.2) is 29.6 Å². The molecule has 0 aliphatic heterocycles. The molecule has 0 spiro atoms. The minimum atomic E-state index is -0.523. The molecule has 1 aromatic heterocycles. The maximum absolute atomic E-state index is 12.1. The van der Waals surface area contributed by atoms with Crippen molar-refractivity contribution in [3.8, 4) is 11.1 Å². The molecule has 0 aliphatic rings. The minimum absolute atomic E-state index is 0.0413. The quantitative estimate of drug-likeness (QED) is 0.530. The van der Waals surface area contributed by atoms with Crippen molar-refractivity contribution in [2.24, 2.45) is 0 Å². The van der Waals surface area contributed by atoms with Crippen LogP contribution in [-0.2, 0) is 4.74 Å². The first-order valence-corrected chi connectivity index (χ1v) is 7.11. The maximum atomic E-state index is 12.1. The fourth-order valence-electron chi connectivity index (χ4n) is 1.86.